The van der Waals surface area contributed by atoms with Crippen LogP contribution in [0.1, 0.15) is 23.7 Å². The summed E-state index contributed by atoms with van der Waals surface area (Å²) < 4.78 is 0. The Morgan fingerprint density at radius 1 is 1.60 bits per heavy atom. The first-order valence-electron chi connectivity index (χ1n) is 5.99. The molecule has 0 aromatic heterocycles. The molecule has 0 aliphatic rings. The van der Waals surface area contributed by atoms with Gasteiger partial charge in [-0.3, -0.25) is 10.1 Å². The molecule has 0 heterocycles. The lowest BCUT2D eigenvalue weighted by atomic mass is 10.1. The summed E-state index contributed by atoms with van der Waals surface area (Å²) in [7, 11) is 0. The van der Waals surface area contributed by atoms with Crippen molar-refractivity contribution in [3.05, 3.63) is 45.5 Å². The van der Waals surface area contributed by atoms with Crippen molar-refractivity contribution in [1.29, 1.82) is 0 Å². The topological polar surface area (TPSA) is 83.7 Å². The van der Waals surface area contributed by atoms with E-state index in [-0.39, 0.29) is 22.0 Å². The van der Waals surface area contributed by atoms with Gasteiger partial charge in [-0.2, -0.15) is 0 Å². The summed E-state index contributed by atoms with van der Waals surface area (Å²) >= 11 is 6.05. The zero-order chi connectivity index (χ0) is 15.3. The number of carbonyl (C=O) groups is 1. The minimum Gasteiger partial charge on any atom is -0.478 e. The third-order valence-corrected chi connectivity index (χ3v) is 2.94. The Balaban J connectivity index is 3.46. The molecule has 1 rings (SSSR count). The fraction of sp³-hybridized carbons (Fsp3) is 0.308. The van der Waals surface area contributed by atoms with Crippen LogP contribution in [0.2, 0.25) is 5.02 Å². The van der Waals surface area contributed by atoms with E-state index in [2.05, 4.69) is 6.58 Å². The van der Waals surface area contributed by atoms with Crippen LogP contribution in [0.4, 0.5) is 11.4 Å². The van der Waals surface area contributed by atoms with Crippen LogP contribution in [-0.2, 0) is 0 Å². The fourth-order valence-electron chi connectivity index (χ4n) is 1.89. The molecule has 0 fully saturated rings. The second-order valence-corrected chi connectivity index (χ2v) is 4.53. The van der Waals surface area contributed by atoms with Crippen molar-refractivity contribution in [1.82, 2.24) is 0 Å². The number of carboxylic acid groups (broad SMARTS) is 1. The van der Waals surface area contributed by atoms with Crippen molar-refractivity contribution >= 4 is 28.9 Å². The Morgan fingerprint density at radius 2 is 2.25 bits per heavy atom. The largest absolute Gasteiger partial charge is 0.478 e. The molecule has 0 spiro atoms. The summed E-state index contributed by atoms with van der Waals surface area (Å²) in [5.74, 6) is -1.25. The normalized spacial score (nSPS) is 10.1. The quantitative estimate of drug-likeness (QED) is 0.474. The lowest BCUT2D eigenvalue weighted by Gasteiger charge is -2.25. The van der Waals surface area contributed by atoms with Crippen LogP contribution >= 0.6 is 11.6 Å². The van der Waals surface area contributed by atoms with Crippen LogP contribution in [0.25, 0.3) is 0 Å². The first-order chi connectivity index (χ1) is 9.42. The summed E-state index contributed by atoms with van der Waals surface area (Å²) in [6.07, 6.45) is 2.40. The molecule has 0 bridgehead atoms. The molecule has 20 heavy (non-hydrogen) atoms. The van der Waals surface area contributed by atoms with Gasteiger partial charge in [0.1, 0.15) is 0 Å². The van der Waals surface area contributed by atoms with Crippen LogP contribution in [0.3, 0.4) is 0 Å². The number of carboxylic acids is 1. The highest BCUT2D eigenvalue weighted by atomic mass is 35.5. The number of aromatic carboxylic acids is 1. The SMILES string of the molecule is C=CCN(CCC)c1c(Cl)cc([N+](=O)[O-])cc1C(=O)O. The predicted octanol–water partition coefficient (Wildman–Crippen LogP) is 3.35. The van der Waals surface area contributed by atoms with Gasteiger partial charge in [0, 0.05) is 25.2 Å². The Labute approximate surface area is 121 Å². The summed E-state index contributed by atoms with van der Waals surface area (Å²) in [5.41, 5.74) is -0.239. The highest BCUT2D eigenvalue weighted by Gasteiger charge is 2.23. The zero-order valence-corrected chi connectivity index (χ0v) is 11.8. The second kappa shape index (κ2) is 6.91. The molecule has 1 aromatic carbocycles. The van der Waals surface area contributed by atoms with Gasteiger partial charge < -0.3 is 10.0 Å². The molecule has 0 aliphatic heterocycles. The minimum atomic E-state index is -1.25. The second-order valence-electron chi connectivity index (χ2n) is 4.12. The van der Waals surface area contributed by atoms with Crippen molar-refractivity contribution in [2.24, 2.45) is 0 Å². The maximum absolute atomic E-state index is 11.3. The van der Waals surface area contributed by atoms with Gasteiger partial charge in [-0.05, 0) is 6.42 Å². The maximum Gasteiger partial charge on any atom is 0.338 e. The maximum atomic E-state index is 11.3. The van der Waals surface area contributed by atoms with Gasteiger partial charge in [0.15, 0.2) is 0 Å². The van der Waals surface area contributed by atoms with E-state index in [9.17, 15) is 20.0 Å². The fourth-order valence-corrected chi connectivity index (χ4v) is 2.23. The van der Waals surface area contributed by atoms with Gasteiger partial charge in [0.25, 0.3) is 5.69 Å². The van der Waals surface area contributed by atoms with E-state index >= 15 is 0 Å². The van der Waals surface area contributed by atoms with Crippen LogP contribution in [0, 0.1) is 10.1 Å². The third kappa shape index (κ3) is 3.48. The van der Waals surface area contributed by atoms with Crippen molar-refractivity contribution in [3.63, 3.8) is 0 Å². The van der Waals surface area contributed by atoms with E-state index in [1.165, 1.54) is 0 Å². The highest BCUT2D eigenvalue weighted by Crippen LogP contribution is 2.34. The minimum absolute atomic E-state index is 0.0481. The van der Waals surface area contributed by atoms with E-state index in [0.29, 0.717) is 13.1 Å². The molecule has 6 nitrogen and oxygen atoms in total. The Bertz CT molecular complexity index is 545. The Hall–Kier alpha value is -2.08. The lowest BCUT2D eigenvalue weighted by molar-refractivity contribution is -0.384. The van der Waals surface area contributed by atoms with E-state index in [1.54, 1.807) is 11.0 Å². The number of anilines is 1. The standard InChI is InChI=1S/C13H15ClN2O4/c1-3-5-15(6-4-2)12-10(13(17)18)7-9(16(19)20)8-11(12)14/h3,7-8H,1,4-6H2,2H3,(H,17,18). The van der Waals surface area contributed by atoms with Crippen molar-refractivity contribution in [2.45, 2.75) is 13.3 Å². The first kappa shape index (κ1) is 16.0. The number of rotatable bonds is 7. The highest BCUT2D eigenvalue weighted by molar-refractivity contribution is 6.34. The van der Waals surface area contributed by atoms with Crippen LogP contribution in [0.5, 0.6) is 0 Å². The first-order valence-corrected chi connectivity index (χ1v) is 6.37. The molecule has 0 atom stereocenters. The molecule has 7 heteroatoms. The molecule has 0 saturated carbocycles. The molecular weight excluding hydrogens is 284 g/mol. The molecule has 0 radical (unpaired) electrons. The average molecular weight is 299 g/mol. The van der Waals surface area contributed by atoms with Crippen molar-refractivity contribution in [2.75, 3.05) is 18.0 Å². The van der Waals surface area contributed by atoms with Crippen LogP contribution in [-0.4, -0.2) is 29.1 Å². The van der Waals surface area contributed by atoms with Gasteiger partial charge in [0.2, 0.25) is 0 Å². The Kier molecular flexibility index (Phi) is 5.52. The number of halogens is 1. The number of benzene rings is 1. The van der Waals surface area contributed by atoms with E-state index in [4.69, 9.17) is 11.6 Å². The van der Waals surface area contributed by atoms with Gasteiger partial charge >= 0.3 is 5.97 Å². The average Bonchev–Trinajstić information content (AvgIpc) is 2.37. The third-order valence-electron chi connectivity index (χ3n) is 2.65. The molecular formula is C13H15ClN2O4. The smallest absolute Gasteiger partial charge is 0.338 e. The van der Waals surface area contributed by atoms with Gasteiger partial charge in [0.05, 0.1) is 21.2 Å². The number of nitro benzene ring substituents is 1. The Morgan fingerprint density at radius 3 is 2.70 bits per heavy atom. The van der Waals surface area contributed by atoms with Gasteiger partial charge in [-0.1, -0.05) is 24.6 Å². The summed E-state index contributed by atoms with van der Waals surface area (Å²) in [6.45, 7) is 6.54. The molecule has 0 amide bonds. The van der Waals surface area contributed by atoms with Gasteiger partial charge in [-0.15, -0.1) is 6.58 Å². The van der Waals surface area contributed by atoms with E-state index in [1.807, 2.05) is 6.92 Å². The van der Waals surface area contributed by atoms with E-state index < -0.39 is 10.9 Å². The number of nitrogens with zero attached hydrogens (tertiary/aromatic N) is 2. The number of non-ortho nitro benzene ring substituents is 1. The lowest BCUT2D eigenvalue weighted by Crippen LogP contribution is -2.26. The van der Waals surface area contributed by atoms with Gasteiger partial charge in [-0.25, -0.2) is 4.79 Å². The van der Waals surface area contributed by atoms with E-state index in [0.717, 1.165) is 18.6 Å². The molecule has 1 N–H and O–H groups in total. The van der Waals surface area contributed by atoms with Crippen molar-refractivity contribution < 1.29 is 14.8 Å². The summed E-state index contributed by atoms with van der Waals surface area (Å²) in [5, 5.41) is 20.1. The van der Waals surface area contributed by atoms with Crippen LogP contribution in [0.15, 0.2) is 24.8 Å². The zero-order valence-electron chi connectivity index (χ0n) is 11.0. The summed E-state index contributed by atoms with van der Waals surface area (Å²) in [6, 6.07) is 2.18. The molecule has 0 aliphatic carbocycles. The molecule has 1 aromatic rings. The molecule has 108 valence electrons. The number of hydrogen-bond acceptors (Lipinski definition) is 4. The van der Waals surface area contributed by atoms with Crippen LogP contribution < -0.4 is 4.90 Å². The number of nitro groups is 1. The summed E-state index contributed by atoms with van der Waals surface area (Å²) in [4.78, 5) is 23.2. The molecule has 0 unspecified atom stereocenters. The number of hydrogen-bond donors (Lipinski definition) is 1. The monoisotopic (exact) mass is 298 g/mol. The molecule has 0 saturated heterocycles. The predicted molar refractivity (Wildman–Crippen MR) is 77.8 cm³/mol. The van der Waals surface area contributed by atoms with Crippen molar-refractivity contribution in [3.8, 4) is 0 Å².